The molecule has 33 heavy (non-hydrogen) atoms. The van der Waals surface area contributed by atoms with E-state index >= 15 is 0 Å². The molecule has 4 aliphatic carbocycles. The van der Waals surface area contributed by atoms with Crippen LogP contribution in [0, 0.1) is 40.4 Å². The van der Waals surface area contributed by atoms with Crippen LogP contribution in [0.25, 0.3) is 0 Å². The Labute approximate surface area is 202 Å². The molecule has 4 fully saturated rings. The lowest BCUT2D eigenvalue weighted by Crippen LogP contribution is -2.55. The van der Waals surface area contributed by atoms with E-state index in [1.165, 1.54) is 51.4 Å². The number of fused-ring (bicyclic) bond motifs is 5. The highest BCUT2D eigenvalue weighted by molar-refractivity contribution is 5.17. The normalized spacial score (nSPS) is 45.7. The fourth-order valence-corrected chi connectivity index (χ4v) is 9.63. The van der Waals surface area contributed by atoms with Gasteiger partial charge in [0, 0.05) is 0 Å². The van der Waals surface area contributed by atoms with Crippen LogP contribution < -0.4 is 0 Å². The standard InChI is InChI=1S/C31H48O2/c1-4-31(33)20-19-30(3)24(21-31)13-15-25-26-16-14-23(29(26,2)18-17-27(25)30)11-8-12-28(32)22-9-6-5-7-10-22/h5-7,9-10,23-28,32-33H,4,8,11-21H2,1-3H3/t23-,24-,25-,26-,27-,28?,29+,30-,31-/m0/s1. The summed E-state index contributed by atoms with van der Waals surface area (Å²) in [5, 5.41) is 21.7. The van der Waals surface area contributed by atoms with Gasteiger partial charge in [-0.05, 0) is 123 Å². The zero-order valence-corrected chi connectivity index (χ0v) is 21.4. The first-order valence-electron chi connectivity index (χ1n) is 14.2. The number of rotatable bonds is 6. The molecule has 4 saturated carbocycles. The molecule has 2 N–H and O–H groups in total. The Morgan fingerprint density at radius 3 is 2.42 bits per heavy atom. The van der Waals surface area contributed by atoms with Crippen LogP contribution in [0.15, 0.2) is 30.3 Å². The summed E-state index contributed by atoms with van der Waals surface area (Å²) < 4.78 is 0. The van der Waals surface area contributed by atoms with Crippen LogP contribution in [-0.4, -0.2) is 15.8 Å². The van der Waals surface area contributed by atoms with Gasteiger partial charge in [0.25, 0.3) is 0 Å². The minimum absolute atomic E-state index is 0.310. The Hall–Kier alpha value is -0.860. The maximum Gasteiger partial charge on any atom is 0.0790 e. The number of hydrogen-bond acceptors (Lipinski definition) is 2. The predicted octanol–water partition coefficient (Wildman–Crippen LogP) is 7.69. The van der Waals surface area contributed by atoms with Crippen LogP contribution in [-0.2, 0) is 0 Å². The smallest absolute Gasteiger partial charge is 0.0790 e. The minimum atomic E-state index is -0.386. The van der Waals surface area contributed by atoms with Gasteiger partial charge in [0.2, 0.25) is 0 Å². The van der Waals surface area contributed by atoms with Gasteiger partial charge >= 0.3 is 0 Å². The second-order valence-corrected chi connectivity index (χ2v) is 13.1. The highest BCUT2D eigenvalue weighted by Crippen LogP contribution is 2.68. The van der Waals surface area contributed by atoms with Crippen molar-refractivity contribution in [2.75, 3.05) is 0 Å². The molecule has 0 bridgehead atoms. The van der Waals surface area contributed by atoms with E-state index in [2.05, 4.69) is 32.9 Å². The first-order chi connectivity index (χ1) is 15.8. The van der Waals surface area contributed by atoms with E-state index in [0.29, 0.717) is 10.8 Å². The quantitative estimate of drug-likeness (QED) is 0.464. The lowest BCUT2D eigenvalue weighted by molar-refractivity contribution is -0.151. The highest BCUT2D eigenvalue weighted by Gasteiger charge is 2.60. The van der Waals surface area contributed by atoms with Gasteiger partial charge < -0.3 is 10.2 Å². The molecular formula is C31H48O2. The molecule has 184 valence electrons. The molecule has 2 nitrogen and oxygen atoms in total. The van der Waals surface area contributed by atoms with E-state index in [1.807, 2.05) is 18.2 Å². The molecule has 0 saturated heterocycles. The maximum absolute atomic E-state index is 11.0. The molecule has 0 aromatic heterocycles. The number of aliphatic hydroxyl groups excluding tert-OH is 1. The lowest BCUT2D eigenvalue weighted by atomic mass is 9.43. The molecule has 9 atom stereocenters. The van der Waals surface area contributed by atoms with E-state index in [-0.39, 0.29) is 11.7 Å². The molecule has 4 aliphatic rings. The summed E-state index contributed by atoms with van der Waals surface area (Å²) in [6.07, 6.45) is 15.7. The van der Waals surface area contributed by atoms with Gasteiger partial charge in [0.05, 0.1) is 11.7 Å². The molecule has 0 aliphatic heterocycles. The summed E-state index contributed by atoms with van der Waals surface area (Å²) in [6.45, 7) is 7.44. The second kappa shape index (κ2) is 8.98. The van der Waals surface area contributed by atoms with Crippen LogP contribution in [0.3, 0.4) is 0 Å². The third kappa shape index (κ3) is 4.12. The van der Waals surface area contributed by atoms with Crippen molar-refractivity contribution in [3.05, 3.63) is 35.9 Å². The van der Waals surface area contributed by atoms with E-state index < -0.39 is 0 Å². The van der Waals surface area contributed by atoms with Crippen molar-refractivity contribution < 1.29 is 10.2 Å². The Morgan fingerprint density at radius 1 is 0.909 bits per heavy atom. The van der Waals surface area contributed by atoms with Crippen molar-refractivity contribution in [2.45, 2.75) is 116 Å². The van der Waals surface area contributed by atoms with Crippen LogP contribution >= 0.6 is 0 Å². The van der Waals surface area contributed by atoms with Gasteiger partial charge in [-0.25, -0.2) is 0 Å². The molecule has 0 spiro atoms. The van der Waals surface area contributed by atoms with Crippen molar-refractivity contribution >= 4 is 0 Å². The third-order valence-electron chi connectivity index (χ3n) is 11.9. The summed E-state index contributed by atoms with van der Waals surface area (Å²) in [4.78, 5) is 0. The Kier molecular flexibility index (Phi) is 6.49. The van der Waals surface area contributed by atoms with Crippen LogP contribution in [0.2, 0.25) is 0 Å². The van der Waals surface area contributed by atoms with E-state index in [9.17, 15) is 10.2 Å². The number of benzene rings is 1. The molecule has 2 heteroatoms. The van der Waals surface area contributed by atoms with Crippen molar-refractivity contribution in [1.29, 1.82) is 0 Å². The average Bonchev–Trinajstić information content (AvgIpc) is 3.16. The third-order valence-corrected chi connectivity index (χ3v) is 11.9. The minimum Gasteiger partial charge on any atom is -0.390 e. The first kappa shape index (κ1) is 23.9. The van der Waals surface area contributed by atoms with Crippen molar-refractivity contribution in [3.8, 4) is 0 Å². The summed E-state index contributed by atoms with van der Waals surface area (Å²) in [6, 6.07) is 10.2. The molecule has 0 radical (unpaired) electrons. The van der Waals surface area contributed by atoms with Gasteiger partial charge in [-0.1, -0.05) is 57.5 Å². The molecule has 1 aromatic carbocycles. The summed E-state index contributed by atoms with van der Waals surface area (Å²) in [5.41, 5.74) is 1.66. The van der Waals surface area contributed by atoms with Crippen molar-refractivity contribution in [2.24, 2.45) is 40.4 Å². The van der Waals surface area contributed by atoms with Gasteiger partial charge in [-0.2, -0.15) is 0 Å². The monoisotopic (exact) mass is 452 g/mol. The predicted molar refractivity (Wildman–Crippen MR) is 136 cm³/mol. The molecule has 1 unspecified atom stereocenters. The SMILES string of the molecule is CC[C@]1(O)CC[C@@]2(C)[C@@H](CC[C@@H]3[C@@H]2CC[C@]2(C)[C@@H](CCCC(O)c4ccccc4)CC[C@@H]32)C1. The van der Waals surface area contributed by atoms with Gasteiger partial charge in [0.15, 0.2) is 0 Å². The molecular weight excluding hydrogens is 404 g/mol. The highest BCUT2D eigenvalue weighted by atomic mass is 16.3. The first-order valence-corrected chi connectivity index (χ1v) is 14.2. The van der Waals surface area contributed by atoms with Crippen molar-refractivity contribution in [3.63, 3.8) is 0 Å². The van der Waals surface area contributed by atoms with Crippen LogP contribution in [0.4, 0.5) is 0 Å². The fourth-order valence-electron chi connectivity index (χ4n) is 9.63. The topological polar surface area (TPSA) is 40.5 Å². The van der Waals surface area contributed by atoms with E-state index in [4.69, 9.17) is 0 Å². The van der Waals surface area contributed by atoms with Gasteiger partial charge in [0.1, 0.15) is 0 Å². The van der Waals surface area contributed by atoms with Gasteiger partial charge in [-0.15, -0.1) is 0 Å². The van der Waals surface area contributed by atoms with E-state index in [1.54, 1.807) is 0 Å². The van der Waals surface area contributed by atoms with Crippen LogP contribution in [0.5, 0.6) is 0 Å². The molecule has 0 heterocycles. The zero-order valence-electron chi connectivity index (χ0n) is 21.4. The summed E-state index contributed by atoms with van der Waals surface area (Å²) in [7, 11) is 0. The average molecular weight is 453 g/mol. The summed E-state index contributed by atoms with van der Waals surface area (Å²) >= 11 is 0. The number of hydrogen-bond donors (Lipinski definition) is 2. The molecule has 0 amide bonds. The van der Waals surface area contributed by atoms with E-state index in [0.717, 1.165) is 67.3 Å². The van der Waals surface area contributed by atoms with Crippen molar-refractivity contribution in [1.82, 2.24) is 0 Å². The Balaban J connectivity index is 1.22. The lowest BCUT2D eigenvalue weighted by Gasteiger charge is -2.62. The zero-order chi connectivity index (χ0) is 23.3. The Bertz CT molecular complexity index is 806. The van der Waals surface area contributed by atoms with Crippen LogP contribution in [0.1, 0.15) is 116 Å². The van der Waals surface area contributed by atoms with Gasteiger partial charge in [-0.3, -0.25) is 0 Å². The largest absolute Gasteiger partial charge is 0.390 e. The fraction of sp³-hybridized carbons (Fsp3) is 0.806. The maximum atomic E-state index is 11.0. The number of aliphatic hydroxyl groups is 2. The summed E-state index contributed by atoms with van der Waals surface area (Å²) in [5.74, 6) is 4.28. The molecule has 5 rings (SSSR count). The second-order valence-electron chi connectivity index (χ2n) is 13.1. The Morgan fingerprint density at radius 2 is 1.67 bits per heavy atom. The molecule has 1 aromatic rings.